The SMILES string of the molecule is [CH2]C(=O)c1ccc(F)c(C)c1. The minimum Gasteiger partial charge on any atom is -0.294 e. The van der Waals surface area contributed by atoms with Crippen LogP contribution in [0.4, 0.5) is 4.39 Å². The second-order valence-electron chi connectivity index (χ2n) is 2.39. The van der Waals surface area contributed by atoms with Crippen molar-refractivity contribution in [2.24, 2.45) is 0 Å². The first kappa shape index (κ1) is 7.92. The number of aryl methyl sites for hydroxylation is 1. The lowest BCUT2D eigenvalue weighted by Gasteiger charge is -1.97. The van der Waals surface area contributed by atoms with Gasteiger partial charge in [0.05, 0.1) is 0 Å². The lowest BCUT2D eigenvalue weighted by Crippen LogP contribution is -1.93. The fraction of sp³-hybridized carbons (Fsp3) is 0.111. The van der Waals surface area contributed by atoms with Crippen molar-refractivity contribution < 1.29 is 9.18 Å². The molecule has 1 aromatic rings. The Labute approximate surface area is 64.9 Å². The lowest BCUT2D eigenvalue weighted by molar-refractivity contribution is 0.104. The van der Waals surface area contributed by atoms with Gasteiger partial charge in [-0.3, -0.25) is 4.79 Å². The number of ketones is 1. The van der Waals surface area contributed by atoms with E-state index >= 15 is 0 Å². The first-order chi connectivity index (χ1) is 5.11. The second-order valence-corrected chi connectivity index (χ2v) is 2.39. The number of halogens is 1. The number of hydrogen-bond acceptors (Lipinski definition) is 1. The van der Waals surface area contributed by atoms with Crippen LogP contribution in [0, 0.1) is 19.7 Å². The second kappa shape index (κ2) is 2.82. The van der Waals surface area contributed by atoms with Crippen LogP contribution in [-0.4, -0.2) is 5.78 Å². The van der Waals surface area contributed by atoms with Crippen molar-refractivity contribution >= 4 is 5.78 Å². The predicted molar refractivity (Wildman–Crippen MR) is 40.8 cm³/mol. The van der Waals surface area contributed by atoms with Gasteiger partial charge in [0.1, 0.15) is 5.82 Å². The third-order valence-electron chi connectivity index (χ3n) is 1.48. The van der Waals surface area contributed by atoms with Crippen LogP contribution in [0.3, 0.4) is 0 Å². The summed E-state index contributed by atoms with van der Waals surface area (Å²) in [5.74, 6) is -0.580. The van der Waals surface area contributed by atoms with Gasteiger partial charge in [0.25, 0.3) is 0 Å². The van der Waals surface area contributed by atoms with E-state index in [-0.39, 0.29) is 11.6 Å². The van der Waals surface area contributed by atoms with Gasteiger partial charge in [0, 0.05) is 12.5 Å². The number of hydrogen-bond donors (Lipinski definition) is 0. The first-order valence-electron chi connectivity index (χ1n) is 3.23. The molecule has 1 radical (unpaired) electrons. The molecule has 2 heteroatoms. The highest BCUT2D eigenvalue weighted by Gasteiger charge is 2.01. The van der Waals surface area contributed by atoms with Crippen LogP contribution in [0.5, 0.6) is 0 Å². The molecule has 0 aromatic heterocycles. The highest BCUT2D eigenvalue weighted by atomic mass is 19.1. The Balaban J connectivity index is 3.15. The Hall–Kier alpha value is -1.18. The standard InChI is InChI=1S/C9H8FO/c1-6-5-8(7(2)11)3-4-9(6)10/h3-5H,2H2,1H3. The average molecular weight is 151 g/mol. The smallest absolute Gasteiger partial charge is 0.163 e. The van der Waals surface area contributed by atoms with Crippen LogP contribution in [0.1, 0.15) is 15.9 Å². The zero-order valence-corrected chi connectivity index (χ0v) is 6.23. The molecule has 0 bridgehead atoms. The molecule has 0 spiro atoms. The summed E-state index contributed by atoms with van der Waals surface area (Å²) in [6.07, 6.45) is 0. The first-order valence-corrected chi connectivity index (χ1v) is 3.23. The van der Waals surface area contributed by atoms with E-state index in [2.05, 4.69) is 6.92 Å². The van der Waals surface area contributed by atoms with Gasteiger partial charge in [-0.2, -0.15) is 0 Å². The molecular weight excluding hydrogens is 143 g/mol. The zero-order valence-electron chi connectivity index (χ0n) is 6.23. The number of carbonyl (C=O) groups is 1. The van der Waals surface area contributed by atoms with E-state index in [4.69, 9.17) is 0 Å². The normalized spacial score (nSPS) is 9.73. The third-order valence-corrected chi connectivity index (χ3v) is 1.48. The summed E-state index contributed by atoms with van der Waals surface area (Å²) in [5.41, 5.74) is 0.920. The molecule has 1 rings (SSSR count). The van der Waals surface area contributed by atoms with Gasteiger partial charge in [-0.1, -0.05) is 0 Å². The van der Waals surface area contributed by atoms with Gasteiger partial charge in [0.15, 0.2) is 5.78 Å². The summed E-state index contributed by atoms with van der Waals surface area (Å²) in [7, 11) is 0. The van der Waals surface area contributed by atoms with Crippen molar-refractivity contribution in [1.29, 1.82) is 0 Å². The molecule has 0 N–H and O–H groups in total. The van der Waals surface area contributed by atoms with E-state index in [0.29, 0.717) is 11.1 Å². The van der Waals surface area contributed by atoms with Gasteiger partial charge in [-0.25, -0.2) is 4.39 Å². The fourth-order valence-corrected chi connectivity index (χ4v) is 0.818. The Morgan fingerprint density at radius 1 is 1.55 bits per heavy atom. The Bertz CT molecular complexity index is 292. The van der Waals surface area contributed by atoms with E-state index in [1.54, 1.807) is 6.92 Å². The molecular formula is C9H8FO. The summed E-state index contributed by atoms with van der Waals surface area (Å²) in [5, 5.41) is 0. The fourth-order valence-electron chi connectivity index (χ4n) is 0.818. The molecule has 57 valence electrons. The predicted octanol–water partition coefficient (Wildman–Crippen LogP) is 2.15. The summed E-state index contributed by atoms with van der Waals surface area (Å²) >= 11 is 0. The average Bonchev–Trinajstić information content (AvgIpc) is 1.94. The topological polar surface area (TPSA) is 17.1 Å². The summed E-state index contributed by atoms with van der Waals surface area (Å²) < 4.78 is 12.6. The van der Waals surface area contributed by atoms with E-state index < -0.39 is 0 Å². The Morgan fingerprint density at radius 2 is 2.18 bits per heavy atom. The molecule has 0 aliphatic heterocycles. The maximum Gasteiger partial charge on any atom is 0.163 e. The summed E-state index contributed by atoms with van der Waals surface area (Å²) in [4.78, 5) is 10.7. The molecule has 0 aliphatic rings. The van der Waals surface area contributed by atoms with Crippen molar-refractivity contribution in [2.45, 2.75) is 6.92 Å². The summed E-state index contributed by atoms with van der Waals surface area (Å²) in [6.45, 7) is 4.83. The monoisotopic (exact) mass is 151 g/mol. The van der Waals surface area contributed by atoms with Gasteiger partial charge >= 0.3 is 0 Å². The quantitative estimate of drug-likeness (QED) is 0.562. The van der Waals surface area contributed by atoms with Gasteiger partial charge in [-0.15, -0.1) is 0 Å². The van der Waals surface area contributed by atoms with E-state index in [1.165, 1.54) is 18.2 Å². The molecule has 0 atom stereocenters. The number of benzene rings is 1. The van der Waals surface area contributed by atoms with Crippen LogP contribution in [0.15, 0.2) is 18.2 Å². The minimum atomic E-state index is -0.296. The van der Waals surface area contributed by atoms with Crippen LogP contribution >= 0.6 is 0 Å². The molecule has 0 amide bonds. The molecule has 0 saturated carbocycles. The van der Waals surface area contributed by atoms with E-state index in [9.17, 15) is 9.18 Å². The lowest BCUT2D eigenvalue weighted by atomic mass is 10.1. The maximum atomic E-state index is 12.6. The van der Waals surface area contributed by atoms with E-state index in [0.717, 1.165) is 0 Å². The largest absolute Gasteiger partial charge is 0.294 e. The molecule has 0 aliphatic carbocycles. The van der Waals surface area contributed by atoms with Crippen LogP contribution in [-0.2, 0) is 0 Å². The van der Waals surface area contributed by atoms with Crippen LogP contribution in [0.2, 0.25) is 0 Å². The molecule has 11 heavy (non-hydrogen) atoms. The molecule has 0 saturated heterocycles. The number of rotatable bonds is 1. The van der Waals surface area contributed by atoms with Crippen molar-refractivity contribution in [1.82, 2.24) is 0 Å². The van der Waals surface area contributed by atoms with Gasteiger partial charge in [-0.05, 0) is 30.7 Å². The highest BCUT2D eigenvalue weighted by molar-refractivity contribution is 5.99. The minimum absolute atomic E-state index is 0.284. The summed E-state index contributed by atoms with van der Waals surface area (Å²) in [6, 6.07) is 4.19. The Morgan fingerprint density at radius 3 is 2.64 bits per heavy atom. The van der Waals surface area contributed by atoms with Crippen molar-refractivity contribution in [3.05, 3.63) is 42.1 Å². The highest BCUT2D eigenvalue weighted by Crippen LogP contribution is 2.08. The number of carbonyl (C=O) groups excluding carboxylic acids is 1. The molecule has 1 aromatic carbocycles. The maximum absolute atomic E-state index is 12.6. The Kier molecular flexibility index (Phi) is 2.03. The van der Waals surface area contributed by atoms with Crippen molar-refractivity contribution in [2.75, 3.05) is 0 Å². The molecule has 0 unspecified atom stereocenters. The third kappa shape index (κ3) is 1.64. The van der Waals surface area contributed by atoms with E-state index in [1.807, 2.05) is 0 Å². The van der Waals surface area contributed by atoms with Crippen LogP contribution in [0.25, 0.3) is 0 Å². The zero-order chi connectivity index (χ0) is 8.43. The molecule has 0 fully saturated rings. The number of Topliss-reactive ketones (excluding diaryl/α,β-unsaturated/α-hetero) is 1. The molecule has 1 nitrogen and oxygen atoms in total. The van der Waals surface area contributed by atoms with Gasteiger partial charge < -0.3 is 0 Å². The van der Waals surface area contributed by atoms with Gasteiger partial charge in [0.2, 0.25) is 0 Å². The van der Waals surface area contributed by atoms with Crippen molar-refractivity contribution in [3.8, 4) is 0 Å². The van der Waals surface area contributed by atoms with Crippen molar-refractivity contribution in [3.63, 3.8) is 0 Å². The molecule has 0 heterocycles. The van der Waals surface area contributed by atoms with Crippen LogP contribution < -0.4 is 0 Å².